The molecule has 0 saturated heterocycles. The second kappa shape index (κ2) is 10.4. The summed E-state index contributed by atoms with van der Waals surface area (Å²) in [7, 11) is 1.37. The van der Waals surface area contributed by atoms with Gasteiger partial charge in [-0.2, -0.15) is 0 Å². The molecule has 0 unspecified atom stereocenters. The minimum absolute atomic E-state index is 0.321. The predicted octanol–water partition coefficient (Wildman–Crippen LogP) is 4.89. The van der Waals surface area contributed by atoms with Crippen LogP contribution in [-0.4, -0.2) is 33.7 Å². The summed E-state index contributed by atoms with van der Waals surface area (Å²) in [4.78, 5) is 30.7. The van der Waals surface area contributed by atoms with Crippen LogP contribution in [-0.2, 0) is 28.9 Å². The van der Waals surface area contributed by atoms with Gasteiger partial charge in [0.05, 0.1) is 25.5 Å². The molecule has 1 N–H and O–H groups in total. The molecule has 30 heavy (non-hydrogen) atoms. The van der Waals surface area contributed by atoms with Crippen molar-refractivity contribution in [1.82, 2.24) is 9.55 Å². The first kappa shape index (κ1) is 22.0. The SMILES string of the molecule is CCCCc1ncc(/C=C(\Cc2cccs2)C(=O)O)n1Cc1ccc(C(=O)OC)s1. The Bertz CT molecular complexity index is 1030. The fourth-order valence-electron chi connectivity index (χ4n) is 3.06. The van der Waals surface area contributed by atoms with Gasteiger partial charge in [0.15, 0.2) is 0 Å². The zero-order valence-corrected chi connectivity index (χ0v) is 18.6. The predicted molar refractivity (Wildman–Crippen MR) is 119 cm³/mol. The van der Waals surface area contributed by atoms with E-state index in [1.807, 2.05) is 28.1 Å². The smallest absolute Gasteiger partial charge is 0.348 e. The van der Waals surface area contributed by atoms with Gasteiger partial charge in [0.2, 0.25) is 0 Å². The summed E-state index contributed by atoms with van der Waals surface area (Å²) in [6, 6.07) is 7.51. The Labute approximate surface area is 183 Å². The number of hydrogen-bond donors (Lipinski definition) is 1. The van der Waals surface area contributed by atoms with Crippen molar-refractivity contribution in [2.45, 2.75) is 39.2 Å². The third-order valence-corrected chi connectivity index (χ3v) is 6.55. The topological polar surface area (TPSA) is 81.4 Å². The fourth-order valence-corrected chi connectivity index (χ4v) is 4.70. The number of esters is 1. The highest BCUT2D eigenvalue weighted by atomic mass is 32.1. The van der Waals surface area contributed by atoms with Gasteiger partial charge in [-0.1, -0.05) is 19.4 Å². The molecular formula is C22H24N2O4S2. The minimum Gasteiger partial charge on any atom is -0.478 e. The zero-order chi connectivity index (χ0) is 21.5. The summed E-state index contributed by atoms with van der Waals surface area (Å²) in [5.74, 6) is -0.375. The number of carboxylic acids is 1. The number of unbranched alkanes of at least 4 members (excludes halogenated alkanes) is 1. The molecule has 0 aliphatic heterocycles. The second-order valence-electron chi connectivity index (χ2n) is 6.78. The van der Waals surface area contributed by atoms with E-state index in [0.29, 0.717) is 23.4 Å². The van der Waals surface area contributed by atoms with Gasteiger partial charge in [-0.25, -0.2) is 14.6 Å². The Hall–Kier alpha value is -2.71. The van der Waals surface area contributed by atoms with Crippen LogP contribution in [0.25, 0.3) is 6.08 Å². The molecule has 8 heteroatoms. The summed E-state index contributed by atoms with van der Waals surface area (Å²) in [6.07, 6.45) is 6.67. The first-order valence-corrected chi connectivity index (χ1v) is 11.4. The van der Waals surface area contributed by atoms with Crippen molar-refractivity contribution in [1.29, 1.82) is 0 Å². The van der Waals surface area contributed by atoms with Crippen LogP contribution in [0.4, 0.5) is 0 Å². The maximum Gasteiger partial charge on any atom is 0.348 e. The van der Waals surface area contributed by atoms with Crippen molar-refractivity contribution >= 4 is 40.7 Å². The van der Waals surface area contributed by atoms with Crippen molar-refractivity contribution in [2.75, 3.05) is 7.11 Å². The molecule has 0 aromatic carbocycles. The van der Waals surface area contributed by atoms with E-state index in [-0.39, 0.29) is 5.97 Å². The molecule has 158 valence electrons. The van der Waals surface area contributed by atoms with E-state index in [1.54, 1.807) is 29.7 Å². The monoisotopic (exact) mass is 444 g/mol. The molecule has 0 radical (unpaired) electrons. The molecule has 3 rings (SSSR count). The van der Waals surface area contributed by atoms with Crippen molar-refractivity contribution in [3.05, 3.63) is 67.6 Å². The number of imidazole rings is 1. The van der Waals surface area contributed by atoms with Gasteiger partial charge < -0.3 is 14.4 Å². The summed E-state index contributed by atoms with van der Waals surface area (Å²) < 4.78 is 6.83. The number of rotatable bonds is 10. The van der Waals surface area contributed by atoms with Crippen molar-refractivity contribution in [2.24, 2.45) is 0 Å². The van der Waals surface area contributed by atoms with Crippen molar-refractivity contribution < 1.29 is 19.4 Å². The van der Waals surface area contributed by atoms with Crippen LogP contribution in [0.15, 0.2) is 41.4 Å². The van der Waals surface area contributed by atoms with Gasteiger partial charge in [-0.15, -0.1) is 22.7 Å². The van der Waals surface area contributed by atoms with Crippen LogP contribution in [0, 0.1) is 0 Å². The van der Waals surface area contributed by atoms with Gasteiger partial charge in [-0.05, 0) is 36.1 Å². The molecule has 0 spiro atoms. The Morgan fingerprint density at radius 1 is 1.27 bits per heavy atom. The third kappa shape index (κ3) is 5.46. The highest BCUT2D eigenvalue weighted by Gasteiger charge is 2.16. The molecule has 0 atom stereocenters. The average molecular weight is 445 g/mol. The first-order chi connectivity index (χ1) is 14.5. The van der Waals surface area contributed by atoms with E-state index >= 15 is 0 Å². The second-order valence-corrected chi connectivity index (χ2v) is 8.98. The van der Waals surface area contributed by atoms with E-state index < -0.39 is 5.97 Å². The Morgan fingerprint density at radius 2 is 2.10 bits per heavy atom. The molecule has 0 aliphatic rings. The lowest BCUT2D eigenvalue weighted by molar-refractivity contribution is -0.132. The Morgan fingerprint density at radius 3 is 2.77 bits per heavy atom. The average Bonchev–Trinajstić information content (AvgIpc) is 3.48. The van der Waals surface area contributed by atoms with Crippen LogP contribution in [0.5, 0.6) is 0 Å². The standard InChI is InChI=1S/C22H24N2O4S2/c1-3-4-7-20-23-13-16(11-15(21(25)26)12-17-6-5-10-29-17)24(20)14-18-8-9-19(30-18)22(27)28-2/h5-6,8-11,13H,3-4,7,12,14H2,1-2H3,(H,25,26)/b15-11+. The number of carboxylic acid groups (broad SMARTS) is 1. The third-order valence-electron chi connectivity index (χ3n) is 4.63. The number of aromatic nitrogens is 2. The van der Waals surface area contributed by atoms with Crippen molar-refractivity contribution in [3.8, 4) is 0 Å². The van der Waals surface area contributed by atoms with E-state index in [2.05, 4.69) is 11.9 Å². The number of carbonyl (C=O) groups is 2. The van der Waals surface area contributed by atoms with Gasteiger partial charge >= 0.3 is 11.9 Å². The minimum atomic E-state index is -0.935. The van der Waals surface area contributed by atoms with Gasteiger partial charge in [0.25, 0.3) is 0 Å². The number of hydrogen-bond acceptors (Lipinski definition) is 6. The summed E-state index contributed by atoms with van der Waals surface area (Å²) in [6.45, 7) is 2.65. The molecule has 3 aromatic rings. The van der Waals surface area contributed by atoms with E-state index in [1.165, 1.54) is 18.4 Å². The largest absolute Gasteiger partial charge is 0.478 e. The zero-order valence-electron chi connectivity index (χ0n) is 17.0. The molecule has 0 fully saturated rings. The lowest BCUT2D eigenvalue weighted by Gasteiger charge is -2.10. The van der Waals surface area contributed by atoms with Gasteiger partial charge in [0, 0.05) is 28.2 Å². The lowest BCUT2D eigenvalue weighted by atomic mass is 10.1. The van der Waals surface area contributed by atoms with E-state index in [0.717, 1.165) is 40.5 Å². The molecule has 0 bridgehead atoms. The quantitative estimate of drug-likeness (QED) is 0.355. The maximum absolute atomic E-state index is 11.8. The van der Waals surface area contributed by atoms with E-state index in [9.17, 15) is 14.7 Å². The summed E-state index contributed by atoms with van der Waals surface area (Å²) in [5.41, 5.74) is 1.07. The molecule has 0 amide bonds. The van der Waals surface area contributed by atoms with Crippen LogP contribution < -0.4 is 0 Å². The van der Waals surface area contributed by atoms with Crippen LogP contribution >= 0.6 is 22.7 Å². The molecule has 0 saturated carbocycles. The number of aliphatic carboxylic acids is 1. The number of methoxy groups -OCH3 is 1. The Kier molecular flexibility index (Phi) is 7.59. The van der Waals surface area contributed by atoms with Gasteiger partial charge in [-0.3, -0.25) is 0 Å². The van der Waals surface area contributed by atoms with Crippen LogP contribution in [0.3, 0.4) is 0 Å². The molecule has 3 aromatic heterocycles. The van der Waals surface area contributed by atoms with Crippen LogP contribution in [0.2, 0.25) is 0 Å². The molecule has 3 heterocycles. The molecular weight excluding hydrogens is 420 g/mol. The Balaban J connectivity index is 1.93. The van der Waals surface area contributed by atoms with Crippen LogP contribution in [0.1, 0.15) is 50.7 Å². The highest BCUT2D eigenvalue weighted by Crippen LogP contribution is 2.23. The fraction of sp³-hybridized carbons (Fsp3) is 0.318. The summed E-state index contributed by atoms with van der Waals surface area (Å²) >= 11 is 2.92. The first-order valence-electron chi connectivity index (χ1n) is 9.69. The maximum atomic E-state index is 11.8. The molecule has 0 aliphatic carbocycles. The molecule has 6 nitrogen and oxygen atoms in total. The van der Waals surface area contributed by atoms with E-state index in [4.69, 9.17) is 4.74 Å². The number of aryl methyl sites for hydroxylation is 1. The lowest BCUT2D eigenvalue weighted by Crippen LogP contribution is -2.08. The number of thiophene rings is 2. The van der Waals surface area contributed by atoms with Crippen molar-refractivity contribution in [3.63, 3.8) is 0 Å². The highest BCUT2D eigenvalue weighted by molar-refractivity contribution is 7.13. The normalized spacial score (nSPS) is 11.6. The number of nitrogens with zero attached hydrogens (tertiary/aromatic N) is 2. The van der Waals surface area contributed by atoms with Gasteiger partial charge in [0.1, 0.15) is 10.7 Å². The number of ether oxygens (including phenoxy) is 1. The number of carbonyl (C=O) groups excluding carboxylic acids is 1. The summed E-state index contributed by atoms with van der Waals surface area (Å²) in [5, 5.41) is 11.7.